The molecule has 0 unspecified atom stereocenters. The molecule has 11 heteroatoms. The van der Waals surface area contributed by atoms with Crippen molar-refractivity contribution in [3.05, 3.63) is 92.4 Å². The van der Waals surface area contributed by atoms with Crippen LogP contribution in [0, 0.1) is 13.8 Å². The summed E-state index contributed by atoms with van der Waals surface area (Å²) in [5.41, 5.74) is 2.17. The van der Waals surface area contributed by atoms with E-state index in [0.717, 1.165) is 9.87 Å². The number of carbonyl (C=O) groups excluding carboxylic acids is 2. The molecular weight excluding hydrogens is 593 g/mol. The number of rotatable bonds is 10. The van der Waals surface area contributed by atoms with E-state index in [9.17, 15) is 18.0 Å². The summed E-state index contributed by atoms with van der Waals surface area (Å²) in [5, 5.41) is 3.75. The topological polar surface area (TPSA) is 86.8 Å². The molecule has 3 aromatic carbocycles. The van der Waals surface area contributed by atoms with Crippen LogP contribution in [0.25, 0.3) is 0 Å². The Morgan fingerprint density at radius 2 is 1.50 bits per heavy atom. The van der Waals surface area contributed by atoms with Gasteiger partial charge >= 0.3 is 0 Å². The Balaban J connectivity index is 2.11. The highest BCUT2D eigenvalue weighted by molar-refractivity contribution is 7.92. The first-order valence-electron chi connectivity index (χ1n) is 12.6. The maximum Gasteiger partial charge on any atom is 0.264 e. The lowest BCUT2D eigenvalue weighted by molar-refractivity contribution is -0.139. The summed E-state index contributed by atoms with van der Waals surface area (Å²) in [6.07, 6.45) is 0. The molecule has 2 amide bonds. The van der Waals surface area contributed by atoms with Crippen molar-refractivity contribution in [3.8, 4) is 0 Å². The second-order valence-electron chi connectivity index (χ2n) is 9.82. The molecule has 0 fully saturated rings. The van der Waals surface area contributed by atoms with E-state index in [0.29, 0.717) is 26.2 Å². The van der Waals surface area contributed by atoms with Crippen LogP contribution in [-0.2, 0) is 26.2 Å². The van der Waals surface area contributed by atoms with E-state index in [1.807, 2.05) is 6.92 Å². The van der Waals surface area contributed by atoms with Crippen molar-refractivity contribution in [1.82, 2.24) is 10.2 Å². The minimum absolute atomic E-state index is 0.0107. The molecule has 0 aliphatic rings. The number of nitrogens with one attached hydrogen (secondary N) is 1. The number of sulfonamides is 1. The van der Waals surface area contributed by atoms with Crippen LogP contribution in [0.3, 0.4) is 0 Å². The average Bonchev–Trinajstić information content (AvgIpc) is 2.88. The van der Waals surface area contributed by atoms with E-state index < -0.39 is 34.4 Å². The van der Waals surface area contributed by atoms with Crippen molar-refractivity contribution >= 4 is 62.3 Å². The zero-order valence-corrected chi connectivity index (χ0v) is 26.0. The molecule has 0 bridgehead atoms. The van der Waals surface area contributed by atoms with E-state index in [1.165, 1.54) is 23.1 Å². The first-order valence-corrected chi connectivity index (χ1v) is 15.2. The van der Waals surface area contributed by atoms with Crippen molar-refractivity contribution in [1.29, 1.82) is 0 Å². The summed E-state index contributed by atoms with van der Waals surface area (Å²) in [6, 6.07) is 15.0. The van der Waals surface area contributed by atoms with Crippen LogP contribution in [-0.4, -0.2) is 43.8 Å². The summed E-state index contributed by atoms with van der Waals surface area (Å²) >= 11 is 19.1. The Morgan fingerprint density at radius 3 is 2.08 bits per heavy atom. The summed E-state index contributed by atoms with van der Waals surface area (Å²) < 4.78 is 29.0. The van der Waals surface area contributed by atoms with Gasteiger partial charge in [0.15, 0.2) is 0 Å². The number of amides is 2. The number of halogens is 3. The molecule has 0 saturated heterocycles. The van der Waals surface area contributed by atoms with E-state index in [4.69, 9.17) is 34.8 Å². The Morgan fingerprint density at radius 1 is 0.900 bits per heavy atom. The van der Waals surface area contributed by atoms with Gasteiger partial charge in [-0.2, -0.15) is 0 Å². The lowest BCUT2D eigenvalue weighted by atomic mass is 10.1. The lowest BCUT2D eigenvalue weighted by Crippen LogP contribution is -2.52. The quantitative estimate of drug-likeness (QED) is 0.283. The fraction of sp³-hybridized carbons (Fsp3) is 0.310. The third kappa shape index (κ3) is 7.49. The summed E-state index contributed by atoms with van der Waals surface area (Å²) in [7, 11) is -4.22. The van der Waals surface area contributed by atoms with E-state index >= 15 is 0 Å². The van der Waals surface area contributed by atoms with Gasteiger partial charge in [-0.1, -0.05) is 64.6 Å². The Kier molecular flexibility index (Phi) is 10.5. The second kappa shape index (κ2) is 13.3. The highest BCUT2D eigenvalue weighted by Crippen LogP contribution is 2.31. The first-order chi connectivity index (χ1) is 18.7. The van der Waals surface area contributed by atoms with Gasteiger partial charge in [-0.3, -0.25) is 13.9 Å². The van der Waals surface area contributed by atoms with E-state index in [2.05, 4.69) is 5.32 Å². The molecule has 1 N–H and O–H groups in total. The van der Waals surface area contributed by atoms with Crippen LogP contribution in [0.15, 0.2) is 65.6 Å². The smallest absolute Gasteiger partial charge is 0.264 e. The van der Waals surface area contributed by atoms with Gasteiger partial charge in [-0.15, -0.1) is 0 Å². The van der Waals surface area contributed by atoms with Crippen LogP contribution >= 0.6 is 34.8 Å². The molecule has 3 aromatic rings. The zero-order valence-electron chi connectivity index (χ0n) is 22.9. The normalized spacial score (nSPS) is 12.2. The van der Waals surface area contributed by atoms with Gasteiger partial charge in [0.2, 0.25) is 11.8 Å². The zero-order chi connectivity index (χ0) is 29.8. The molecule has 0 aliphatic carbocycles. The Bertz CT molecular complexity index is 1470. The number of nitrogens with zero attached hydrogens (tertiary/aromatic N) is 2. The molecule has 0 spiro atoms. The van der Waals surface area contributed by atoms with E-state index in [1.54, 1.807) is 70.2 Å². The van der Waals surface area contributed by atoms with Crippen molar-refractivity contribution in [3.63, 3.8) is 0 Å². The molecular formula is C29H32Cl3N3O4S. The van der Waals surface area contributed by atoms with Crippen molar-refractivity contribution in [2.75, 3.05) is 10.8 Å². The number of hydrogen-bond donors (Lipinski definition) is 1. The highest BCUT2D eigenvalue weighted by Gasteiger charge is 2.34. The third-order valence-corrected chi connectivity index (χ3v) is 9.03. The van der Waals surface area contributed by atoms with Crippen LogP contribution in [0.4, 0.5) is 5.69 Å². The van der Waals surface area contributed by atoms with Crippen molar-refractivity contribution in [2.45, 2.75) is 58.1 Å². The molecule has 7 nitrogen and oxygen atoms in total. The number of hydrogen-bond acceptors (Lipinski definition) is 4. The lowest BCUT2D eigenvalue weighted by Gasteiger charge is -2.33. The first kappa shape index (κ1) is 31.7. The fourth-order valence-electron chi connectivity index (χ4n) is 4.04. The number of aryl methyl sites for hydroxylation is 2. The molecule has 0 saturated carbocycles. The SMILES string of the molecule is Cc1ccc(S(=O)(=O)N(CC(=O)N(Cc2c(Cl)cccc2Cl)[C@H](C)C(=O)NC(C)C)c2cc(Cl)ccc2C)cc1. The second-order valence-corrected chi connectivity index (χ2v) is 12.9. The minimum Gasteiger partial charge on any atom is -0.352 e. The molecule has 40 heavy (non-hydrogen) atoms. The minimum atomic E-state index is -4.22. The van der Waals surface area contributed by atoms with Crippen LogP contribution < -0.4 is 9.62 Å². The molecule has 3 rings (SSSR count). The predicted octanol–water partition coefficient (Wildman–Crippen LogP) is 6.40. The molecule has 0 aliphatic heterocycles. The summed E-state index contributed by atoms with van der Waals surface area (Å²) in [6.45, 7) is 8.05. The maximum absolute atomic E-state index is 14.0. The molecule has 0 aromatic heterocycles. The summed E-state index contributed by atoms with van der Waals surface area (Å²) in [4.78, 5) is 28.4. The van der Waals surface area contributed by atoms with Gasteiger partial charge in [0.05, 0.1) is 10.6 Å². The third-order valence-electron chi connectivity index (χ3n) is 6.32. The number of benzene rings is 3. The van der Waals surface area contributed by atoms with Gasteiger partial charge in [0.1, 0.15) is 12.6 Å². The Labute approximate surface area is 251 Å². The fourth-order valence-corrected chi connectivity index (χ4v) is 6.20. The van der Waals surface area contributed by atoms with Crippen LogP contribution in [0.1, 0.15) is 37.5 Å². The number of carbonyl (C=O) groups is 2. The molecule has 1 atom stereocenters. The van der Waals surface area contributed by atoms with Crippen LogP contribution in [0.5, 0.6) is 0 Å². The van der Waals surface area contributed by atoms with Crippen molar-refractivity contribution in [2.24, 2.45) is 0 Å². The van der Waals surface area contributed by atoms with Crippen molar-refractivity contribution < 1.29 is 18.0 Å². The standard InChI is InChI=1S/C29H32Cl3N3O4S/c1-18(2)33-29(37)21(5)34(16-24-25(31)7-6-8-26(24)32)28(36)17-35(27-15-22(30)12-11-20(27)4)40(38,39)23-13-9-19(3)10-14-23/h6-15,18,21H,16-17H2,1-5H3,(H,33,37)/t21-/m1/s1. The van der Waals surface area contributed by atoms with Gasteiger partial charge in [0, 0.05) is 33.2 Å². The van der Waals surface area contributed by atoms with Gasteiger partial charge in [-0.05, 0) is 76.6 Å². The average molecular weight is 625 g/mol. The summed E-state index contributed by atoms with van der Waals surface area (Å²) in [5.74, 6) is -1.03. The molecule has 214 valence electrons. The predicted molar refractivity (Wildman–Crippen MR) is 162 cm³/mol. The van der Waals surface area contributed by atoms with Gasteiger partial charge < -0.3 is 10.2 Å². The van der Waals surface area contributed by atoms with Gasteiger partial charge in [0.25, 0.3) is 10.0 Å². The van der Waals surface area contributed by atoms with Gasteiger partial charge in [-0.25, -0.2) is 8.42 Å². The number of anilines is 1. The monoisotopic (exact) mass is 623 g/mol. The maximum atomic E-state index is 14.0. The highest BCUT2D eigenvalue weighted by atomic mass is 35.5. The largest absolute Gasteiger partial charge is 0.352 e. The Hall–Kier alpha value is -2.78. The molecule has 0 heterocycles. The van der Waals surface area contributed by atoms with E-state index in [-0.39, 0.29) is 23.2 Å². The van der Waals surface area contributed by atoms with Crippen LogP contribution in [0.2, 0.25) is 15.1 Å². The molecule has 0 radical (unpaired) electrons.